The summed E-state index contributed by atoms with van der Waals surface area (Å²) in [5, 5.41) is -0.433. The summed E-state index contributed by atoms with van der Waals surface area (Å²) in [6.45, 7) is -0.478. The lowest BCUT2D eigenvalue weighted by atomic mass is 10.0. The van der Waals surface area contributed by atoms with Gasteiger partial charge in [-0.1, -0.05) is 0 Å². The smallest absolute Gasteiger partial charge is 0.262 e. The molecule has 0 aromatic heterocycles. The highest BCUT2D eigenvalue weighted by Crippen LogP contribution is 2.33. The first-order chi connectivity index (χ1) is 13.5. The van der Waals surface area contributed by atoms with Gasteiger partial charge in [0.05, 0.1) is 11.8 Å². The molecule has 0 spiro atoms. The fourth-order valence-corrected chi connectivity index (χ4v) is 4.99. The molecule has 164 valence electrons. The zero-order valence-corrected chi connectivity index (χ0v) is 16.5. The fraction of sp³-hybridized carbons (Fsp3) is 0.667. The first-order valence-electron chi connectivity index (χ1n) is 9.46. The van der Waals surface area contributed by atoms with Gasteiger partial charge < -0.3 is 5.73 Å². The highest BCUT2D eigenvalue weighted by molar-refractivity contribution is 7.90. The number of likely N-dealkylation sites (tertiary alicyclic amines) is 1. The van der Waals surface area contributed by atoms with Crippen molar-refractivity contribution in [3.63, 3.8) is 0 Å². The van der Waals surface area contributed by atoms with E-state index in [1.165, 1.54) is 4.90 Å². The van der Waals surface area contributed by atoms with Crippen molar-refractivity contribution in [1.82, 2.24) is 9.62 Å². The molecule has 2 aliphatic rings. The molecule has 11 heteroatoms. The first kappa shape index (κ1) is 22.4. The molecule has 1 aromatic carbocycles. The lowest BCUT2D eigenvalue weighted by molar-refractivity contribution is 0.0118. The molecule has 3 N–H and O–H groups in total. The maximum atomic E-state index is 13.9. The van der Waals surface area contributed by atoms with Crippen LogP contribution in [0.15, 0.2) is 12.1 Å². The Bertz CT molecular complexity index is 848. The third kappa shape index (κ3) is 5.87. The highest BCUT2D eigenvalue weighted by atomic mass is 32.2. The van der Waals surface area contributed by atoms with Crippen molar-refractivity contribution in [3.05, 3.63) is 35.1 Å². The van der Waals surface area contributed by atoms with Crippen molar-refractivity contribution in [1.29, 1.82) is 0 Å². The Morgan fingerprint density at radius 3 is 2.48 bits per heavy atom. The minimum atomic E-state index is -3.47. The molecule has 1 aliphatic carbocycles. The van der Waals surface area contributed by atoms with Crippen LogP contribution < -0.4 is 10.5 Å². The number of alkyl halides is 2. The molecular formula is C18H24F5N3O2S. The van der Waals surface area contributed by atoms with E-state index in [0.29, 0.717) is 18.9 Å². The molecule has 1 aliphatic heterocycles. The summed E-state index contributed by atoms with van der Waals surface area (Å²) in [6, 6.07) is -0.150. The summed E-state index contributed by atoms with van der Waals surface area (Å²) in [7, 11) is -3.47. The van der Waals surface area contributed by atoms with Gasteiger partial charge in [-0.15, -0.1) is 0 Å². The van der Waals surface area contributed by atoms with Crippen molar-refractivity contribution >= 4 is 10.0 Å². The monoisotopic (exact) mass is 441 g/mol. The number of hydrogen-bond donors (Lipinski definition) is 2. The second-order valence-electron chi connectivity index (χ2n) is 7.89. The Morgan fingerprint density at radius 2 is 1.83 bits per heavy atom. The normalized spacial score (nSPS) is 23.4. The Morgan fingerprint density at radius 1 is 1.17 bits per heavy atom. The molecule has 1 saturated carbocycles. The van der Waals surface area contributed by atoms with Crippen LogP contribution in [0, 0.1) is 17.5 Å². The number of benzene rings is 1. The van der Waals surface area contributed by atoms with Crippen LogP contribution in [0.5, 0.6) is 0 Å². The zero-order chi connectivity index (χ0) is 21.4. The van der Waals surface area contributed by atoms with Crippen LogP contribution in [0.4, 0.5) is 22.0 Å². The molecule has 1 heterocycles. The van der Waals surface area contributed by atoms with Gasteiger partial charge in [-0.05, 0) is 37.3 Å². The van der Waals surface area contributed by atoms with E-state index in [4.69, 9.17) is 5.73 Å². The van der Waals surface area contributed by atoms with E-state index in [-0.39, 0.29) is 31.5 Å². The first-order valence-corrected chi connectivity index (χ1v) is 11.0. The van der Waals surface area contributed by atoms with Crippen molar-refractivity contribution in [2.24, 2.45) is 5.73 Å². The van der Waals surface area contributed by atoms with Gasteiger partial charge in [0.15, 0.2) is 11.6 Å². The number of sulfonamides is 1. The molecular weight excluding hydrogens is 417 g/mol. The molecule has 3 rings (SSSR count). The molecule has 2 fully saturated rings. The van der Waals surface area contributed by atoms with Crippen molar-refractivity contribution in [2.45, 2.75) is 55.4 Å². The molecule has 0 radical (unpaired) electrons. The van der Waals surface area contributed by atoms with Gasteiger partial charge in [-0.2, -0.15) is 0 Å². The van der Waals surface area contributed by atoms with Crippen LogP contribution in [0.1, 0.15) is 31.2 Å². The van der Waals surface area contributed by atoms with E-state index in [1.807, 2.05) is 0 Å². The Kier molecular flexibility index (Phi) is 6.52. The van der Waals surface area contributed by atoms with Gasteiger partial charge in [-0.25, -0.2) is 35.1 Å². The molecule has 29 heavy (non-hydrogen) atoms. The van der Waals surface area contributed by atoms with Crippen molar-refractivity contribution in [2.75, 3.05) is 19.6 Å². The maximum Gasteiger partial charge on any atom is 0.262 e. The predicted molar refractivity (Wildman–Crippen MR) is 97.5 cm³/mol. The molecule has 0 bridgehead atoms. The second-order valence-corrected chi connectivity index (χ2v) is 9.93. The van der Waals surface area contributed by atoms with E-state index in [1.54, 1.807) is 0 Å². The molecule has 1 aromatic rings. The SMILES string of the molecule is N[C@@H](CCN1CC(F)(F)CC1CNS(=O)(=O)C1CC1)Cc1cc(F)c(F)cc1F. The average Bonchev–Trinajstić information content (AvgIpc) is 3.42. The molecule has 5 nitrogen and oxygen atoms in total. The van der Waals surface area contributed by atoms with Gasteiger partial charge in [0.1, 0.15) is 5.82 Å². The van der Waals surface area contributed by atoms with E-state index >= 15 is 0 Å². The summed E-state index contributed by atoms with van der Waals surface area (Å²) in [5.74, 6) is -6.34. The number of rotatable bonds is 9. The van der Waals surface area contributed by atoms with E-state index in [9.17, 15) is 30.4 Å². The second kappa shape index (κ2) is 8.44. The minimum Gasteiger partial charge on any atom is -0.327 e. The number of nitrogens with two attached hydrogens (primary N) is 1. The summed E-state index contributed by atoms with van der Waals surface area (Å²) >= 11 is 0. The summed E-state index contributed by atoms with van der Waals surface area (Å²) in [4.78, 5) is 1.47. The third-order valence-corrected chi connectivity index (χ3v) is 7.25. The molecule has 1 unspecified atom stereocenters. The predicted octanol–water partition coefficient (Wildman–Crippen LogP) is 2.16. The maximum absolute atomic E-state index is 13.9. The third-order valence-electron chi connectivity index (χ3n) is 5.33. The van der Waals surface area contributed by atoms with Gasteiger partial charge in [0.25, 0.3) is 5.92 Å². The highest BCUT2D eigenvalue weighted by Gasteiger charge is 2.45. The van der Waals surface area contributed by atoms with Crippen LogP contribution in [0.25, 0.3) is 0 Å². The number of nitrogens with zero attached hydrogens (tertiary/aromatic N) is 1. The van der Waals surface area contributed by atoms with E-state index < -0.39 is 63.7 Å². The Hall–Kier alpha value is -1.30. The lowest BCUT2D eigenvalue weighted by Gasteiger charge is -2.25. The van der Waals surface area contributed by atoms with Gasteiger partial charge >= 0.3 is 0 Å². The largest absolute Gasteiger partial charge is 0.327 e. The van der Waals surface area contributed by atoms with E-state index in [0.717, 1.165) is 6.07 Å². The molecule has 1 saturated heterocycles. The fourth-order valence-electron chi connectivity index (χ4n) is 3.57. The number of halogens is 5. The van der Waals surface area contributed by atoms with Crippen molar-refractivity contribution in [3.8, 4) is 0 Å². The van der Waals surface area contributed by atoms with Crippen LogP contribution in [0.3, 0.4) is 0 Å². The van der Waals surface area contributed by atoms with Crippen molar-refractivity contribution < 1.29 is 30.4 Å². The van der Waals surface area contributed by atoms with Gasteiger partial charge in [-0.3, -0.25) is 4.90 Å². The van der Waals surface area contributed by atoms with Gasteiger partial charge in [0.2, 0.25) is 10.0 Å². The van der Waals surface area contributed by atoms with E-state index in [2.05, 4.69) is 4.72 Å². The number of hydrogen-bond acceptors (Lipinski definition) is 4. The van der Waals surface area contributed by atoms with Crippen LogP contribution in [0.2, 0.25) is 0 Å². The summed E-state index contributed by atoms with van der Waals surface area (Å²) < 4.78 is 94.1. The summed E-state index contributed by atoms with van der Waals surface area (Å²) in [6.07, 6.45) is 0.824. The number of nitrogens with one attached hydrogen (secondary N) is 1. The zero-order valence-electron chi connectivity index (χ0n) is 15.7. The lowest BCUT2D eigenvalue weighted by Crippen LogP contribution is -2.42. The average molecular weight is 441 g/mol. The Balaban J connectivity index is 1.55. The quantitative estimate of drug-likeness (QED) is 0.455. The van der Waals surface area contributed by atoms with Gasteiger partial charge in [0, 0.05) is 37.7 Å². The van der Waals surface area contributed by atoms with Crippen LogP contribution in [-0.2, 0) is 16.4 Å². The molecule has 0 amide bonds. The minimum absolute atomic E-state index is 0.0771. The van der Waals surface area contributed by atoms with Crippen LogP contribution in [-0.4, -0.2) is 56.2 Å². The summed E-state index contributed by atoms with van der Waals surface area (Å²) in [5.41, 5.74) is 5.85. The Labute approximate surface area is 166 Å². The standard InChI is InChI=1S/C18H24F5N3O2S/c19-15-7-17(21)16(20)6-11(15)5-12(24)3-4-26-10-18(22,23)8-13(26)9-25-29(27,28)14-1-2-14/h6-7,12-14,25H,1-5,8-10,24H2/t12-,13?/m0/s1. The van der Waals surface area contributed by atoms with Crippen LogP contribution >= 0.6 is 0 Å². The topological polar surface area (TPSA) is 75.4 Å². The molecule has 2 atom stereocenters.